The van der Waals surface area contributed by atoms with Crippen LogP contribution < -0.4 is 10.1 Å². The number of methoxy groups -OCH3 is 1. The smallest absolute Gasteiger partial charge is 0.251 e. The molecule has 0 fully saturated rings. The topological polar surface area (TPSA) is 58.6 Å². The van der Waals surface area contributed by atoms with E-state index in [0.717, 1.165) is 5.75 Å². The van der Waals surface area contributed by atoms with Crippen LogP contribution in [0.15, 0.2) is 18.2 Å². The van der Waals surface area contributed by atoms with Crippen molar-refractivity contribution in [2.45, 2.75) is 0 Å². The molecule has 4 nitrogen and oxygen atoms in total. The van der Waals surface area contributed by atoms with Gasteiger partial charge in [-0.25, -0.2) is 0 Å². The van der Waals surface area contributed by atoms with Crippen molar-refractivity contribution < 1.29 is 14.6 Å². The Morgan fingerprint density at radius 1 is 1.56 bits per heavy atom. The third kappa shape index (κ3) is 3.34. The number of hydrogen-bond donors (Lipinski definition) is 2. The molecule has 0 heterocycles. The van der Waals surface area contributed by atoms with Crippen LogP contribution in [0, 0.1) is 0 Å². The monoisotopic (exact) mass is 241 g/mol. The lowest BCUT2D eigenvalue weighted by molar-refractivity contribution is 0.0955. The third-order valence-electron chi connectivity index (χ3n) is 2.03. The van der Waals surface area contributed by atoms with Crippen LogP contribution in [0.4, 0.5) is 0 Å². The number of amides is 1. The van der Waals surface area contributed by atoms with Crippen molar-refractivity contribution in [2.75, 3.05) is 25.7 Å². The van der Waals surface area contributed by atoms with Crippen LogP contribution in [-0.2, 0) is 0 Å². The Kier molecular flexibility index (Phi) is 4.98. The molecule has 0 saturated carbocycles. The molecule has 0 radical (unpaired) electrons. The number of benzene rings is 1. The van der Waals surface area contributed by atoms with Crippen molar-refractivity contribution in [3.05, 3.63) is 23.8 Å². The summed E-state index contributed by atoms with van der Waals surface area (Å²) in [6.07, 6.45) is 1.98. The Hall–Kier alpha value is -1.36. The van der Waals surface area contributed by atoms with Gasteiger partial charge in [-0.1, -0.05) is 0 Å². The van der Waals surface area contributed by atoms with Gasteiger partial charge in [0.25, 0.3) is 5.91 Å². The molecule has 0 spiro atoms. The first kappa shape index (κ1) is 12.7. The second-order valence-corrected chi connectivity index (χ2v) is 4.12. The zero-order valence-electron chi connectivity index (χ0n) is 9.32. The van der Waals surface area contributed by atoms with Gasteiger partial charge in [-0.05, 0) is 24.5 Å². The molecular weight excluding hydrogens is 226 g/mol. The predicted octanol–water partition coefficient (Wildman–Crippen LogP) is 1.49. The molecule has 1 aromatic rings. The van der Waals surface area contributed by atoms with Crippen LogP contribution in [0.1, 0.15) is 10.4 Å². The molecule has 0 bridgehead atoms. The highest BCUT2D eigenvalue weighted by Gasteiger charge is 2.08. The highest BCUT2D eigenvalue weighted by molar-refractivity contribution is 7.98. The van der Waals surface area contributed by atoms with Crippen molar-refractivity contribution in [2.24, 2.45) is 0 Å². The van der Waals surface area contributed by atoms with Crippen molar-refractivity contribution in [3.8, 4) is 11.5 Å². The molecule has 1 amide bonds. The molecule has 1 aromatic carbocycles. The van der Waals surface area contributed by atoms with Gasteiger partial charge in [-0.3, -0.25) is 4.79 Å². The molecule has 0 aliphatic heterocycles. The minimum Gasteiger partial charge on any atom is -0.504 e. The second kappa shape index (κ2) is 6.27. The minimum atomic E-state index is -0.188. The molecule has 0 aliphatic rings. The molecule has 0 unspecified atom stereocenters. The highest BCUT2D eigenvalue weighted by Crippen LogP contribution is 2.25. The Morgan fingerprint density at radius 2 is 2.31 bits per heavy atom. The van der Waals surface area contributed by atoms with Crippen LogP contribution in [0.5, 0.6) is 11.5 Å². The van der Waals surface area contributed by atoms with E-state index >= 15 is 0 Å². The SMILES string of the molecule is COc1ccc(C(=O)NCCSC)cc1O. The first-order chi connectivity index (χ1) is 7.69. The number of phenols is 1. The van der Waals surface area contributed by atoms with Crippen LogP contribution in [0.25, 0.3) is 0 Å². The molecular formula is C11H15NO3S. The Morgan fingerprint density at radius 3 is 2.88 bits per heavy atom. The first-order valence-electron chi connectivity index (χ1n) is 4.83. The number of hydrogen-bond acceptors (Lipinski definition) is 4. The van der Waals surface area contributed by atoms with E-state index in [2.05, 4.69) is 5.32 Å². The van der Waals surface area contributed by atoms with Crippen LogP contribution in [0.3, 0.4) is 0 Å². The summed E-state index contributed by atoms with van der Waals surface area (Å²) in [6.45, 7) is 0.618. The largest absolute Gasteiger partial charge is 0.504 e. The Bertz CT molecular complexity index is 368. The summed E-state index contributed by atoms with van der Waals surface area (Å²) in [5, 5.41) is 12.3. The fraction of sp³-hybridized carbons (Fsp3) is 0.364. The van der Waals surface area contributed by atoms with E-state index in [0.29, 0.717) is 17.9 Å². The van der Waals surface area contributed by atoms with Gasteiger partial charge in [0.05, 0.1) is 7.11 Å². The van der Waals surface area contributed by atoms with E-state index in [-0.39, 0.29) is 11.7 Å². The van der Waals surface area contributed by atoms with Crippen LogP contribution >= 0.6 is 11.8 Å². The molecule has 0 aliphatic carbocycles. The summed E-state index contributed by atoms with van der Waals surface area (Å²) in [7, 11) is 1.47. The zero-order valence-corrected chi connectivity index (χ0v) is 10.1. The molecule has 0 aromatic heterocycles. The Balaban J connectivity index is 2.66. The maximum Gasteiger partial charge on any atom is 0.251 e. The zero-order chi connectivity index (χ0) is 12.0. The summed E-state index contributed by atoms with van der Waals surface area (Å²) < 4.78 is 4.89. The number of carbonyl (C=O) groups excluding carboxylic acids is 1. The Labute approximate surface area is 99.0 Å². The van der Waals surface area contributed by atoms with Crippen molar-refractivity contribution in [1.29, 1.82) is 0 Å². The van der Waals surface area contributed by atoms with Gasteiger partial charge >= 0.3 is 0 Å². The average Bonchev–Trinajstić information content (AvgIpc) is 2.29. The van der Waals surface area contributed by atoms with Gasteiger partial charge < -0.3 is 15.2 Å². The van der Waals surface area contributed by atoms with Gasteiger partial charge in [0.15, 0.2) is 11.5 Å². The van der Waals surface area contributed by atoms with Crippen molar-refractivity contribution in [3.63, 3.8) is 0 Å². The lowest BCUT2D eigenvalue weighted by Gasteiger charge is -2.06. The van der Waals surface area contributed by atoms with Gasteiger partial charge in [0.1, 0.15) is 0 Å². The average molecular weight is 241 g/mol. The van der Waals surface area contributed by atoms with Gasteiger partial charge in [0.2, 0.25) is 0 Å². The lowest BCUT2D eigenvalue weighted by Crippen LogP contribution is -2.25. The standard InChI is InChI=1S/C11H15NO3S/c1-15-10-4-3-8(7-9(10)13)11(14)12-5-6-16-2/h3-4,7,13H,5-6H2,1-2H3,(H,12,14). The van der Waals surface area contributed by atoms with Gasteiger partial charge in [-0.15, -0.1) is 0 Å². The predicted molar refractivity (Wildman–Crippen MR) is 65.4 cm³/mol. The maximum absolute atomic E-state index is 11.6. The summed E-state index contributed by atoms with van der Waals surface area (Å²) in [5.41, 5.74) is 0.430. The number of ether oxygens (including phenoxy) is 1. The number of phenolic OH excluding ortho intramolecular Hbond substituents is 1. The normalized spacial score (nSPS) is 9.88. The van der Waals surface area contributed by atoms with E-state index in [9.17, 15) is 9.90 Å². The number of aromatic hydroxyl groups is 1. The molecule has 2 N–H and O–H groups in total. The maximum atomic E-state index is 11.6. The quantitative estimate of drug-likeness (QED) is 0.767. The molecule has 88 valence electrons. The third-order valence-corrected chi connectivity index (χ3v) is 2.65. The van der Waals surface area contributed by atoms with Crippen LogP contribution in [0.2, 0.25) is 0 Å². The van der Waals surface area contributed by atoms with E-state index in [1.807, 2.05) is 6.26 Å². The summed E-state index contributed by atoms with van der Waals surface area (Å²) in [5.74, 6) is 1.01. The molecule has 0 saturated heterocycles. The van der Waals surface area contributed by atoms with E-state index in [1.165, 1.54) is 13.2 Å². The summed E-state index contributed by atoms with van der Waals surface area (Å²) in [6, 6.07) is 4.58. The van der Waals surface area contributed by atoms with E-state index in [1.54, 1.807) is 23.9 Å². The van der Waals surface area contributed by atoms with E-state index in [4.69, 9.17) is 4.74 Å². The fourth-order valence-electron chi connectivity index (χ4n) is 1.20. The highest BCUT2D eigenvalue weighted by atomic mass is 32.2. The number of thioether (sulfide) groups is 1. The fourth-order valence-corrected chi connectivity index (χ4v) is 1.51. The van der Waals surface area contributed by atoms with E-state index < -0.39 is 0 Å². The second-order valence-electron chi connectivity index (χ2n) is 3.14. The first-order valence-corrected chi connectivity index (χ1v) is 6.22. The summed E-state index contributed by atoms with van der Waals surface area (Å²) in [4.78, 5) is 11.6. The van der Waals surface area contributed by atoms with Gasteiger partial charge in [-0.2, -0.15) is 11.8 Å². The van der Waals surface area contributed by atoms with Crippen molar-refractivity contribution in [1.82, 2.24) is 5.32 Å². The number of carbonyl (C=O) groups is 1. The van der Waals surface area contributed by atoms with Gasteiger partial charge in [0, 0.05) is 17.9 Å². The summed E-state index contributed by atoms with van der Waals surface area (Å²) >= 11 is 1.66. The molecule has 5 heteroatoms. The van der Waals surface area contributed by atoms with Crippen LogP contribution in [-0.4, -0.2) is 36.7 Å². The lowest BCUT2D eigenvalue weighted by atomic mass is 10.2. The minimum absolute atomic E-state index is 0.0278. The molecule has 1 rings (SSSR count). The molecule has 16 heavy (non-hydrogen) atoms. The van der Waals surface area contributed by atoms with Crippen molar-refractivity contribution >= 4 is 17.7 Å². The number of nitrogens with one attached hydrogen (secondary N) is 1. The number of rotatable bonds is 5. The molecule has 0 atom stereocenters.